The molecule has 0 radical (unpaired) electrons. The highest BCUT2D eigenvalue weighted by Gasteiger charge is 2.41. The number of para-hydroxylation sites is 1. The fourth-order valence-electron chi connectivity index (χ4n) is 3.57. The molecule has 0 aliphatic carbocycles. The first-order valence-electron chi connectivity index (χ1n) is 9.87. The number of hydrogen-bond acceptors (Lipinski definition) is 4. The first-order chi connectivity index (χ1) is 15.3. The van der Waals surface area contributed by atoms with Gasteiger partial charge in [0.2, 0.25) is 0 Å². The number of imide groups is 1. The lowest BCUT2D eigenvalue weighted by molar-refractivity contribution is -0.120. The zero-order valence-electron chi connectivity index (χ0n) is 17.7. The van der Waals surface area contributed by atoms with Gasteiger partial charge in [-0.3, -0.25) is 9.59 Å². The molecule has 1 aliphatic rings. The molecule has 0 saturated carbocycles. The minimum absolute atomic E-state index is 0.0208. The summed E-state index contributed by atoms with van der Waals surface area (Å²) < 4.78 is 32.7. The topological polar surface area (TPSA) is 58.6 Å². The summed E-state index contributed by atoms with van der Waals surface area (Å²) in [5.74, 6) is -3.18. The molecule has 0 bridgehead atoms. The SMILES string of the molecule is COc1ccccc1C1=C(Nc2ccc(C)c(C)c2)C(=O)N(c2ccc(F)c(F)c2)C1=O. The maximum atomic E-state index is 13.9. The Balaban J connectivity index is 1.87. The highest BCUT2D eigenvalue weighted by molar-refractivity contribution is 6.46. The van der Waals surface area contributed by atoms with Crippen LogP contribution in [0.25, 0.3) is 5.57 Å². The highest BCUT2D eigenvalue weighted by atomic mass is 19.2. The summed E-state index contributed by atoms with van der Waals surface area (Å²) in [5, 5.41) is 3.06. The van der Waals surface area contributed by atoms with Crippen LogP contribution in [0.3, 0.4) is 0 Å². The van der Waals surface area contributed by atoms with Crippen molar-refractivity contribution in [3.8, 4) is 5.75 Å². The van der Waals surface area contributed by atoms with Crippen LogP contribution in [0, 0.1) is 25.5 Å². The minimum atomic E-state index is -1.16. The average Bonchev–Trinajstić information content (AvgIpc) is 3.02. The summed E-state index contributed by atoms with van der Waals surface area (Å²) in [7, 11) is 1.46. The number of anilines is 2. The number of methoxy groups -OCH3 is 1. The van der Waals surface area contributed by atoms with Crippen LogP contribution < -0.4 is 15.0 Å². The van der Waals surface area contributed by atoms with Gasteiger partial charge in [-0.1, -0.05) is 24.3 Å². The number of aryl methyl sites for hydroxylation is 2. The van der Waals surface area contributed by atoms with Gasteiger partial charge in [0, 0.05) is 17.3 Å². The summed E-state index contributed by atoms with van der Waals surface area (Å²) in [6.45, 7) is 3.90. The Bertz CT molecular complexity index is 1280. The van der Waals surface area contributed by atoms with E-state index in [1.165, 1.54) is 13.2 Å². The third-order valence-electron chi connectivity index (χ3n) is 5.40. The van der Waals surface area contributed by atoms with Crippen LogP contribution in [0.5, 0.6) is 5.75 Å². The average molecular weight is 434 g/mol. The molecule has 32 heavy (non-hydrogen) atoms. The number of halogens is 2. The van der Waals surface area contributed by atoms with E-state index in [1.807, 2.05) is 26.0 Å². The molecule has 0 atom stereocenters. The first-order valence-corrected chi connectivity index (χ1v) is 9.87. The molecular formula is C25H20F2N2O3. The van der Waals surface area contributed by atoms with Gasteiger partial charge in [0.05, 0.1) is 18.4 Å². The fraction of sp³-hybridized carbons (Fsp3) is 0.120. The van der Waals surface area contributed by atoms with E-state index < -0.39 is 23.4 Å². The van der Waals surface area contributed by atoms with E-state index in [2.05, 4.69) is 5.32 Å². The molecule has 7 heteroatoms. The second-order valence-electron chi connectivity index (χ2n) is 7.42. The number of carbonyl (C=O) groups is 2. The van der Waals surface area contributed by atoms with Crippen molar-refractivity contribution in [1.29, 1.82) is 0 Å². The molecule has 2 amide bonds. The molecule has 0 unspecified atom stereocenters. The molecule has 1 aliphatic heterocycles. The van der Waals surface area contributed by atoms with E-state index in [4.69, 9.17) is 4.74 Å². The van der Waals surface area contributed by atoms with Gasteiger partial charge in [0.25, 0.3) is 11.8 Å². The summed E-state index contributed by atoms with van der Waals surface area (Å²) in [6, 6.07) is 15.2. The lowest BCUT2D eigenvalue weighted by atomic mass is 10.0. The normalized spacial score (nSPS) is 13.7. The Morgan fingerprint density at radius 2 is 1.59 bits per heavy atom. The van der Waals surface area contributed by atoms with Gasteiger partial charge in [-0.05, 0) is 55.3 Å². The Morgan fingerprint density at radius 1 is 0.844 bits per heavy atom. The van der Waals surface area contributed by atoms with Crippen LogP contribution >= 0.6 is 0 Å². The fourth-order valence-corrected chi connectivity index (χ4v) is 3.57. The molecule has 0 saturated heterocycles. The number of ether oxygens (including phenoxy) is 1. The highest BCUT2D eigenvalue weighted by Crippen LogP contribution is 2.37. The summed E-state index contributed by atoms with van der Waals surface area (Å²) in [5.41, 5.74) is 3.13. The Kier molecular flexibility index (Phi) is 5.48. The third-order valence-corrected chi connectivity index (χ3v) is 5.40. The van der Waals surface area contributed by atoms with Gasteiger partial charge in [0.1, 0.15) is 11.4 Å². The Morgan fingerprint density at radius 3 is 2.28 bits per heavy atom. The van der Waals surface area contributed by atoms with Crippen LogP contribution in [0.4, 0.5) is 20.2 Å². The maximum absolute atomic E-state index is 13.9. The Hall–Kier alpha value is -4.00. The molecule has 0 fully saturated rings. The van der Waals surface area contributed by atoms with Crippen LogP contribution in [-0.2, 0) is 9.59 Å². The number of hydrogen-bond donors (Lipinski definition) is 1. The second-order valence-corrected chi connectivity index (χ2v) is 7.42. The minimum Gasteiger partial charge on any atom is -0.496 e. The molecule has 0 aromatic heterocycles. The number of rotatable bonds is 5. The van der Waals surface area contributed by atoms with Crippen molar-refractivity contribution in [2.45, 2.75) is 13.8 Å². The summed E-state index contributed by atoms with van der Waals surface area (Å²) in [4.78, 5) is 27.6. The van der Waals surface area contributed by atoms with Crippen LogP contribution in [0.1, 0.15) is 16.7 Å². The first kappa shape index (κ1) is 21.2. The number of nitrogens with one attached hydrogen (secondary N) is 1. The van der Waals surface area contributed by atoms with Gasteiger partial charge in [-0.25, -0.2) is 13.7 Å². The summed E-state index contributed by atoms with van der Waals surface area (Å²) >= 11 is 0. The number of nitrogens with zero attached hydrogens (tertiary/aromatic N) is 1. The summed E-state index contributed by atoms with van der Waals surface area (Å²) in [6.07, 6.45) is 0. The number of carbonyl (C=O) groups excluding carboxylic acids is 2. The molecular weight excluding hydrogens is 414 g/mol. The molecule has 162 valence electrons. The Labute approximate surface area is 183 Å². The van der Waals surface area contributed by atoms with Crippen LogP contribution in [-0.4, -0.2) is 18.9 Å². The molecule has 3 aromatic rings. The van der Waals surface area contributed by atoms with E-state index in [-0.39, 0.29) is 17.0 Å². The van der Waals surface area contributed by atoms with Crippen molar-refractivity contribution in [2.75, 3.05) is 17.3 Å². The maximum Gasteiger partial charge on any atom is 0.282 e. The van der Waals surface area contributed by atoms with Crippen molar-refractivity contribution in [1.82, 2.24) is 0 Å². The largest absolute Gasteiger partial charge is 0.496 e. The van der Waals surface area contributed by atoms with Crippen LogP contribution in [0.2, 0.25) is 0 Å². The van der Waals surface area contributed by atoms with Crippen molar-refractivity contribution < 1.29 is 23.1 Å². The van der Waals surface area contributed by atoms with Crippen LogP contribution in [0.15, 0.2) is 66.4 Å². The third kappa shape index (κ3) is 3.62. The lowest BCUT2D eigenvalue weighted by Crippen LogP contribution is -2.32. The number of benzene rings is 3. The predicted octanol–water partition coefficient (Wildman–Crippen LogP) is 4.99. The van der Waals surface area contributed by atoms with E-state index >= 15 is 0 Å². The van der Waals surface area contributed by atoms with Crippen molar-refractivity contribution in [2.24, 2.45) is 0 Å². The lowest BCUT2D eigenvalue weighted by Gasteiger charge is -2.16. The zero-order chi connectivity index (χ0) is 23.0. The quantitative estimate of drug-likeness (QED) is 0.575. The van der Waals surface area contributed by atoms with E-state index in [0.717, 1.165) is 28.2 Å². The predicted molar refractivity (Wildman–Crippen MR) is 118 cm³/mol. The van der Waals surface area contributed by atoms with E-state index in [1.54, 1.807) is 30.3 Å². The molecule has 3 aromatic carbocycles. The molecule has 1 heterocycles. The number of amides is 2. The zero-order valence-corrected chi connectivity index (χ0v) is 17.7. The smallest absolute Gasteiger partial charge is 0.282 e. The molecule has 1 N–H and O–H groups in total. The standard InChI is InChI=1S/C25H20F2N2O3/c1-14-8-9-16(12-15(14)2)28-23-22(18-6-4-5-7-21(18)32-3)24(30)29(25(23)31)17-10-11-19(26)20(27)13-17/h4-13,28H,1-3H3. The van der Waals surface area contributed by atoms with Gasteiger partial charge in [0.15, 0.2) is 11.6 Å². The van der Waals surface area contributed by atoms with Gasteiger partial charge in [-0.15, -0.1) is 0 Å². The van der Waals surface area contributed by atoms with Gasteiger partial charge < -0.3 is 10.1 Å². The van der Waals surface area contributed by atoms with Crippen molar-refractivity contribution >= 4 is 28.8 Å². The molecule has 5 nitrogen and oxygen atoms in total. The van der Waals surface area contributed by atoms with Gasteiger partial charge in [-0.2, -0.15) is 0 Å². The van der Waals surface area contributed by atoms with Crippen molar-refractivity contribution in [3.05, 3.63) is 94.7 Å². The molecule has 4 rings (SSSR count). The van der Waals surface area contributed by atoms with Crippen molar-refractivity contribution in [3.63, 3.8) is 0 Å². The van der Waals surface area contributed by atoms with Gasteiger partial charge >= 0.3 is 0 Å². The monoisotopic (exact) mass is 434 g/mol. The van der Waals surface area contributed by atoms with E-state index in [0.29, 0.717) is 17.0 Å². The van der Waals surface area contributed by atoms with E-state index in [9.17, 15) is 18.4 Å². The second kappa shape index (κ2) is 8.26. The molecule has 0 spiro atoms.